The molecule has 0 spiro atoms. The van der Waals surface area contributed by atoms with E-state index in [0.717, 1.165) is 27.7 Å². The number of hydrogen-bond donors (Lipinski definition) is 0. The summed E-state index contributed by atoms with van der Waals surface area (Å²) in [5.41, 5.74) is 1.15. The lowest BCUT2D eigenvalue weighted by Crippen LogP contribution is -2.05. The molecule has 21 heavy (non-hydrogen) atoms. The van der Waals surface area contributed by atoms with Crippen LogP contribution in [0.25, 0.3) is 0 Å². The van der Waals surface area contributed by atoms with Crippen LogP contribution in [0.2, 0.25) is 5.02 Å². The summed E-state index contributed by atoms with van der Waals surface area (Å²) in [6, 6.07) is 14.9. The molecule has 0 aromatic heterocycles. The average Bonchev–Trinajstić information content (AvgIpc) is 2.53. The third-order valence-electron chi connectivity index (χ3n) is 2.93. The van der Waals surface area contributed by atoms with Gasteiger partial charge in [-0.3, -0.25) is 0 Å². The number of benzene rings is 2. The summed E-state index contributed by atoms with van der Waals surface area (Å²) < 4.78 is 17.1. The third kappa shape index (κ3) is 5.12. The average molecular weight is 320 g/mol. The Morgan fingerprint density at radius 1 is 1.14 bits per heavy atom. The first kappa shape index (κ1) is 16.0. The smallest absolute Gasteiger partial charge is 0.153 e. The molecular weight excluding hydrogens is 304 g/mol. The molecule has 0 aliphatic heterocycles. The van der Waals surface area contributed by atoms with Gasteiger partial charge in [-0.15, -0.1) is 0 Å². The summed E-state index contributed by atoms with van der Waals surface area (Å²) in [4.78, 5) is 0.781. The van der Waals surface area contributed by atoms with Crippen molar-refractivity contribution < 1.29 is 9.29 Å². The number of allylic oxidation sites excluding steroid dienone is 1. The van der Waals surface area contributed by atoms with Crippen LogP contribution in [-0.2, 0) is 17.6 Å². The standard InChI is InChI=1S/C17H16ClO2S/c1-20-16-9-11-17(12-10-16)21(19)13-3-2-4-14-5-7-15(18)8-6-14/h2,5-12H,4,13H2,1H3. The predicted octanol–water partition coefficient (Wildman–Crippen LogP) is 4.06. The molecule has 2 aromatic carbocycles. The number of hydrogen-bond acceptors (Lipinski definition) is 2. The highest BCUT2D eigenvalue weighted by Crippen LogP contribution is 2.16. The predicted molar refractivity (Wildman–Crippen MR) is 87.2 cm³/mol. The minimum atomic E-state index is -1.07. The van der Waals surface area contributed by atoms with Gasteiger partial charge in [-0.25, -0.2) is 0 Å². The Hall–Kier alpha value is -1.42. The number of methoxy groups -OCH3 is 1. The lowest BCUT2D eigenvalue weighted by molar-refractivity contribution is 0.414. The first-order valence-electron chi connectivity index (χ1n) is 6.51. The van der Waals surface area contributed by atoms with Crippen molar-refractivity contribution >= 4 is 22.8 Å². The van der Waals surface area contributed by atoms with E-state index in [2.05, 4.69) is 6.08 Å². The van der Waals surface area contributed by atoms with Crippen molar-refractivity contribution in [2.75, 3.05) is 12.9 Å². The molecule has 4 heteroatoms. The van der Waals surface area contributed by atoms with Gasteiger partial charge in [-0.05, 0) is 59.6 Å². The summed E-state index contributed by atoms with van der Waals surface area (Å²) in [5.74, 6) is 1.15. The fraction of sp³-hybridized carbons (Fsp3) is 0.176. The normalized spacial score (nSPS) is 12.5. The topological polar surface area (TPSA) is 32.3 Å². The summed E-state index contributed by atoms with van der Waals surface area (Å²) in [6.07, 6.45) is 5.75. The lowest BCUT2D eigenvalue weighted by atomic mass is 10.1. The van der Waals surface area contributed by atoms with E-state index in [9.17, 15) is 4.55 Å². The van der Waals surface area contributed by atoms with Gasteiger partial charge in [0, 0.05) is 11.1 Å². The lowest BCUT2D eigenvalue weighted by Gasteiger charge is -2.08. The molecule has 1 atom stereocenters. The van der Waals surface area contributed by atoms with E-state index >= 15 is 0 Å². The van der Waals surface area contributed by atoms with Crippen LogP contribution in [0.1, 0.15) is 5.56 Å². The molecule has 1 radical (unpaired) electrons. The van der Waals surface area contributed by atoms with Gasteiger partial charge in [0.05, 0.1) is 7.11 Å². The van der Waals surface area contributed by atoms with Crippen LogP contribution in [0.15, 0.2) is 59.5 Å². The molecule has 2 aromatic rings. The van der Waals surface area contributed by atoms with Crippen molar-refractivity contribution in [2.45, 2.75) is 11.3 Å². The van der Waals surface area contributed by atoms with Gasteiger partial charge in [0.25, 0.3) is 0 Å². The quantitative estimate of drug-likeness (QED) is 0.752. The van der Waals surface area contributed by atoms with Crippen LogP contribution in [0.4, 0.5) is 0 Å². The molecule has 0 amide bonds. The molecule has 1 unspecified atom stereocenters. The van der Waals surface area contributed by atoms with Crippen molar-refractivity contribution in [3.8, 4) is 5.75 Å². The molecule has 0 N–H and O–H groups in total. The Morgan fingerprint density at radius 3 is 2.43 bits per heavy atom. The highest BCUT2D eigenvalue weighted by molar-refractivity contribution is 7.91. The minimum Gasteiger partial charge on any atom is -0.611 e. The van der Waals surface area contributed by atoms with Crippen LogP contribution in [0, 0.1) is 6.08 Å². The zero-order valence-electron chi connectivity index (χ0n) is 11.7. The second-order valence-electron chi connectivity index (χ2n) is 4.40. The fourth-order valence-electron chi connectivity index (χ4n) is 1.76. The van der Waals surface area contributed by atoms with Gasteiger partial charge >= 0.3 is 0 Å². The minimum absolute atomic E-state index is 0.389. The molecule has 0 bridgehead atoms. The molecule has 109 valence electrons. The van der Waals surface area contributed by atoms with E-state index in [-0.39, 0.29) is 0 Å². The monoisotopic (exact) mass is 319 g/mol. The van der Waals surface area contributed by atoms with Crippen LogP contribution in [0.3, 0.4) is 0 Å². The van der Waals surface area contributed by atoms with E-state index in [0.29, 0.717) is 5.75 Å². The van der Waals surface area contributed by atoms with Gasteiger partial charge in [0.2, 0.25) is 0 Å². The zero-order valence-corrected chi connectivity index (χ0v) is 13.3. The largest absolute Gasteiger partial charge is 0.611 e. The van der Waals surface area contributed by atoms with Crippen LogP contribution in [-0.4, -0.2) is 17.4 Å². The number of rotatable bonds is 6. The molecule has 0 heterocycles. The molecular formula is C17H16ClO2S. The molecule has 2 nitrogen and oxygen atoms in total. The second-order valence-corrected chi connectivity index (χ2v) is 6.29. The summed E-state index contributed by atoms with van der Waals surface area (Å²) in [7, 11) is 1.61. The van der Waals surface area contributed by atoms with Gasteiger partial charge in [0.1, 0.15) is 11.5 Å². The van der Waals surface area contributed by atoms with Gasteiger partial charge < -0.3 is 9.29 Å². The molecule has 0 fully saturated rings. The van der Waals surface area contributed by atoms with Crippen LogP contribution >= 0.6 is 11.6 Å². The Morgan fingerprint density at radius 2 is 1.81 bits per heavy atom. The molecule has 0 aliphatic carbocycles. The second kappa shape index (κ2) is 8.13. The first-order valence-corrected chi connectivity index (χ1v) is 8.20. The van der Waals surface area contributed by atoms with Gasteiger partial charge in [-0.1, -0.05) is 29.8 Å². The van der Waals surface area contributed by atoms with E-state index in [4.69, 9.17) is 16.3 Å². The number of halogens is 1. The van der Waals surface area contributed by atoms with Gasteiger partial charge in [-0.2, -0.15) is 0 Å². The molecule has 2 rings (SSSR count). The van der Waals surface area contributed by atoms with E-state index in [1.807, 2.05) is 54.6 Å². The van der Waals surface area contributed by atoms with Crippen molar-refractivity contribution in [1.82, 2.24) is 0 Å². The van der Waals surface area contributed by atoms with Crippen molar-refractivity contribution in [3.05, 3.63) is 71.3 Å². The van der Waals surface area contributed by atoms with Crippen molar-refractivity contribution in [2.24, 2.45) is 0 Å². The maximum Gasteiger partial charge on any atom is 0.153 e. The van der Waals surface area contributed by atoms with Crippen molar-refractivity contribution in [1.29, 1.82) is 0 Å². The molecule has 0 saturated carbocycles. The maximum atomic E-state index is 12.1. The third-order valence-corrected chi connectivity index (χ3v) is 4.41. The summed E-state index contributed by atoms with van der Waals surface area (Å²) >= 11 is 4.75. The summed E-state index contributed by atoms with van der Waals surface area (Å²) in [6.45, 7) is 0. The van der Waals surface area contributed by atoms with Gasteiger partial charge in [0.15, 0.2) is 4.90 Å². The summed E-state index contributed by atoms with van der Waals surface area (Å²) in [5, 5.41) is 0.729. The highest BCUT2D eigenvalue weighted by atomic mass is 35.5. The SMILES string of the molecule is COc1ccc([S+]([O-])C/[C]=C\Cc2ccc(Cl)cc2)cc1. The zero-order chi connectivity index (χ0) is 15.1. The fourth-order valence-corrected chi connectivity index (χ4v) is 2.76. The maximum absolute atomic E-state index is 12.1. The first-order chi connectivity index (χ1) is 10.2. The van der Waals surface area contributed by atoms with E-state index in [1.165, 1.54) is 0 Å². The Bertz CT molecular complexity index is 579. The van der Waals surface area contributed by atoms with Crippen molar-refractivity contribution in [3.63, 3.8) is 0 Å². The van der Waals surface area contributed by atoms with E-state index in [1.54, 1.807) is 7.11 Å². The van der Waals surface area contributed by atoms with E-state index < -0.39 is 11.2 Å². The molecule has 0 saturated heterocycles. The highest BCUT2D eigenvalue weighted by Gasteiger charge is 2.08. The molecule has 0 aliphatic rings. The Labute approximate surface area is 133 Å². The Balaban J connectivity index is 1.83. The van der Waals surface area contributed by atoms with Crippen LogP contribution in [0.5, 0.6) is 5.75 Å². The Kier molecular flexibility index (Phi) is 6.18. The number of ether oxygens (including phenoxy) is 1. The van der Waals surface area contributed by atoms with Crippen LogP contribution < -0.4 is 4.74 Å².